The smallest absolute Gasteiger partial charge is 0.380 e. The summed E-state index contributed by atoms with van der Waals surface area (Å²) >= 11 is 1.57. The highest BCUT2D eigenvalue weighted by atomic mass is 35.5. The average molecular weight is 294 g/mol. The molecule has 2 rings (SSSR count). The van der Waals surface area contributed by atoms with Crippen molar-refractivity contribution in [2.24, 2.45) is 0 Å². The second kappa shape index (κ2) is 6.11. The topological polar surface area (TPSA) is 12.0 Å². The highest BCUT2D eigenvalue weighted by molar-refractivity contribution is 7.09. The van der Waals surface area contributed by atoms with Gasteiger partial charge in [0.05, 0.1) is 5.56 Å². The molecule has 98 valence electrons. The summed E-state index contributed by atoms with van der Waals surface area (Å²) in [6.07, 6.45) is -4.29. The van der Waals surface area contributed by atoms with E-state index in [1.807, 2.05) is 17.5 Å². The SMILES string of the molecule is Cl.FC(F)(F)c1cccc(NCc2cccs2)c1. The van der Waals surface area contributed by atoms with E-state index in [0.717, 1.165) is 17.0 Å². The minimum Gasteiger partial charge on any atom is -0.380 e. The monoisotopic (exact) mass is 293 g/mol. The minimum atomic E-state index is -4.29. The number of hydrogen-bond acceptors (Lipinski definition) is 2. The van der Waals surface area contributed by atoms with Gasteiger partial charge in [-0.3, -0.25) is 0 Å². The molecule has 1 heterocycles. The molecule has 1 N–H and O–H groups in total. The van der Waals surface area contributed by atoms with Crippen LogP contribution in [0.5, 0.6) is 0 Å². The van der Waals surface area contributed by atoms with E-state index in [0.29, 0.717) is 12.2 Å². The number of anilines is 1. The average Bonchev–Trinajstić information content (AvgIpc) is 2.78. The molecule has 0 saturated heterocycles. The Hall–Kier alpha value is -1.20. The number of halogens is 4. The fourth-order valence-electron chi connectivity index (χ4n) is 1.41. The van der Waals surface area contributed by atoms with E-state index in [-0.39, 0.29) is 12.4 Å². The van der Waals surface area contributed by atoms with Gasteiger partial charge in [0.25, 0.3) is 0 Å². The van der Waals surface area contributed by atoms with Gasteiger partial charge in [0.15, 0.2) is 0 Å². The Bertz CT molecular complexity index is 482. The van der Waals surface area contributed by atoms with E-state index in [1.165, 1.54) is 6.07 Å². The normalized spacial score (nSPS) is 10.8. The highest BCUT2D eigenvalue weighted by Crippen LogP contribution is 2.30. The minimum absolute atomic E-state index is 0. The van der Waals surface area contributed by atoms with Crippen molar-refractivity contribution in [3.05, 3.63) is 52.2 Å². The Labute approximate surface area is 113 Å². The fourth-order valence-corrected chi connectivity index (χ4v) is 2.05. The first-order valence-corrected chi connectivity index (χ1v) is 5.87. The second-order valence-electron chi connectivity index (χ2n) is 3.51. The number of nitrogens with one attached hydrogen (secondary N) is 1. The molecule has 1 aromatic heterocycles. The molecule has 1 nitrogen and oxygen atoms in total. The van der Waals surface area contributed by atoms with Crippen molar-refractivity contribution in [3.8, 4) is 0 Å². The molecular weight excluding hydrogens is 283 g/mol. The Balaban J connectivity index is 0.00000162. The molecule has 6 heteroatoms. The predicted octanol–water partition coefficient (Wildman–Crippen LogP) is 4.80. The van der Waals surface area contributed by atoms with Crippen LogP contribution in [0.15, 0.2) is 41.8 Å². The Morgan fingerprint density at radius 3 is 2.50 bits per heavy atom. The van der Waals surface area contributed by atoms with Gasteiger partial charge in [-0.15, -0.1) is 23.7 Å². The lowest BCUT2D eigenvalue weighted by atomic mass is 10.2. The third-order valence-electron chi connectivity index (χ3n) is 2.24. The summed E-state index contributed by atoms with van der Waals surface area (Å²) in [4.78, 5) is 1.09. The van der Waals surface area contributed by atoms with Gasteiger partial charge in [0.2, 0.25) is 0 Å². The molecule has 0 atom stereocenters. The van der Waals surface area contributed by atoms with Gasteiger partial charge in [0, 0.05) is 17.1 Å². The number of rotatable bonds is 3. The zero-order valence-corrected chi connectivity index (χ0v) is 10.8. The molecule has 0 amide bonds. The molecule has 0 bridgehead atoms. The third kappa shape index (κ3) is 3.92. The van der Waals surface area contributed by atoms with Crippen LogP contribution in [0.1, 0.15) is 10.4 Å². The van der Waals surface area contributed by atoms with Crippen LogP contribution in [0.2, 0.25) is 0 Å². The fraction of sp³-hybridized carbons (Fsp3) is 0.167. The lowest BCUT2D eigenvalue weighted by Crippen LogP contribution is -2.06. The molecule has 0 aliphatic heterocycles. The van der Waals surface area contributed by atoms with Crippen molar-refractivity contribution < 1.29 is 13.2 Å². The van der Waals surface area contributed by atoms with E-state index < -0.39 is 11.7 Å². The molecule has 0 aliphatic rings. The summed E-state index contributed by atoms with van der Waals surface area (Å²) in [5.41, 5.74) is -0.151. The third-order valence-corrected chi connectivity index (χ3v) is 3.11. The van der Waals surface area contributed by atoms with Gasteiger partial charge < -0.3 is 5.32 Å². The number of benzene rings is 1. The van der Waals surface area contributed by atoms with E-state index in [9.17, 15) is 13.2 Å². The summed E-state index contributed by atoms with van der Waals surface area (Å²) in [6.45, 7) is 0.541. The zero-order chi connectivity index (χ0) is 12.3. The van der Waals surface area contributed by atoms with Crippen LogP contribution in [-0.4, -0.2) is 0 Å². The number of thiophene rings is 1. The van der Waals surface area contributed by atoms with Crippen LogP contribution in [0.4, 0.5) is 18.9 Å². The van der Waals surface area contributed by atoms with E-state index in [1.54, 1.807) is 17.4 Å². The maximum absolute atomic E-state index is 12.5. The van der Waals surface area contributed by atoms with E-state index >= 15 is 0 Å². The summed E-state index contributed by atoms with van der Waals surface area (Å²) < 4.78 is 37.4. The number of alkyl halides is 3. The Morgan fingerprint density at radius 2 is 1.89 bits per heavy atom. The van der Waals surface area contributed by atoms with Gasteiger partial charge in [-0.2, -0.15) is 13.2 Å². The highest BCUT2D eigenvalue weighted by Gasteiger charge is 2.30. The first-order valence-electron chi connectivity index (χ1n) is 4.99. The van der Waals surface area contributed by atoms with Crippen LogP contribution < -0.4 is 5.32 Å². The predicted molar refractivity (Wildman–Crippen MR) is 70.3 cm³/mol. The Kier molecular flexibility index (Phi) is 5.04. The molecule has 0 fully saturated rings. The maximum Gasteiger partial charge on any atom is 0.416 e. The van der Waals surface area contributed by atoms with Crippen molar-refractivity contribution in [1.29, 1.82) is 0 Å². The molecular formula is C12H11ClF3NS. The van der Waals surface area contributed by atoms with Crippen molar-refractivity contribution >= 4 is 29.4 Å². The first-order chi connectivity index (χ1) is 8.05. The first kappa shape index (κ1) is 14.9. The summed E-state index contributed by atoms with van der Waals surface area (Å²) in [6, 6.07) is 9.06. The van der Waals surface area contributed by atoms with Gasteiger partial charge >= 0.3 is 6.18 Å². The molecule has 0 saturated carbocycles. The quantitative estimate of drug-likeness (QED) is 0.857. The summed E-state index contributed by atoms with van der Waals surface area (Å²) in [5, 5.41) is 4.90. The van der Waals surface area contributed by atoms with Gasteiger partial charge in [-0.25, -0.2) is 0 Å². The molecule has 2 aromatic rings. The number of hydrogen-bond donors (Lipinski definition) is 1. The maximum atomic E-state index is 12.5. The van der Waals surface area contributed by atoms with Crippen LogP contribution >= 0.6 is 23.7 Å². The largest absolute Gasteiger partial charge is 0.416 e. The van der Waals surface area contributed by atoms with Crippen LogP contribution in [0, 0.1) is 0 Å². The van der Waals surface area contributed by atoms with Crippen LogP contribution in [0.3, 0.4) is 0 Å². The van der Waals surface area contributed by atoms with Gasteiger partial charge in [-0.1, -0.05) is 12.1 Å². The van der Waals surface area contributed by atoms with Crippen molar-refractivity contribution in [2.75, 3.05) is 5.32 Å². The molecule has 0 radical (unpaired) electrons. The van der Waals surface area contributed by atoms with Crippen LogP contribution in [-0.2, 0) is 12.7 Å². The lowest BCUT2D eigenvalue weighted by molar-refractivity contribution is -0.137. The van der Waals surface area contributed by atoms with Crippen LogP contribution in [0.25, 0.3) is 0 Å². The summed E-state index contributed by atoms with van der Waals surface area (Å²) in [7, 11) is 0. The van der Waals surface area contributed by atoms with Crippen molar-refractivity contribution in [2.45, 2.75) is 12.7 Å². The van der Waals surface area contributed by atoms with Gasteiger partial charge in [-0.05, 0) is 29.6 Å². The van der Waals surface area contributed by atoms with E-state index in [4.69, 9.17) is 0 Å². The molecule has 0 aliphatic carbocycles. The van der Waals surface area contributed by atoms with Crippen molar-refractivity contribution in [3.63, 3.8) is 0 Å². The standard InChI is InChI=1S/C12H10F3NS.ClH/c13-12(14,15)9-3-1-4-10(7-9)16-8-11-5-2-6-17-11;/h1-7,16H,8H2;1H. The van der Waals surface area contributed by atoms with Crippen molar-refractivity contribution in [1.82, 2.24) is 0 Å². The molecule has 0 spiro atoms. The van der Waals surface area contributed by atoms with Gasteiger partial charge in [0.1, 0.15) is 0 Å². The molecule has 0 unspecified atom stereocenters. The molecule has 18 heavy (non-hydrogen) atoms. The Morgan fingerprint density at radius 1 is 1.11 bits per heavy atom. The zero-order valence-electron chi connectivity index (χ0n) is 9.20. The van der Waals surface area contributed by atoms with E-state index in [2.05, 4.69) is 5.32 Å². The summed E-state index contributed by atoms with van der Waals surface area (Å²) in [5.74, 6) is 0. The molecule has 1 aromatic carbocycles. The second-order valence-corrected chi connectivity index (χ2v) is 4.54. The lowest BCUT2D eigenvalue weighted by Gasteiger charge is -2.09.